The molecule has 5 nitrogen and oxygen atoms in total. The number of aryl methyl sites for hydroxylation is 1. The quantitative estimate of drug-likeness (QED) is 0.691. The summed E-state index contributed by atoms with van der Waals surface area (Å²) in [6.45, 7) is 6.76. The van der Waals surface area contributed by atoms with Gasteiger partial charge >= 0.3 is 0 Å². The van der Waals surface area contributed by atoms with Crippen molar-refractivity contribution in [3.8, 4) is 0 Å². The molecule has 1 aromatic rings. The van der Waals surface area contributed by atoms with Gasteiger partial charge < -0.3 is 15.6 Å². The highest BCUT2D eigenvalue weighted by atomic mass is 16.2. The molecule has 0 bridgehead atoms. The lowest BCUT2D eigenvalue weighted by atomic mass is 10.0. The standard InChI is InChI=1S/C12H22N4O/c1-8(2)5-11(12(17)13-4)15-7-10-6-14-9(3)16-10/h6,8,11,15H,5,7H2,1-4H3,(H,13,17)(H,14,16). The third-order valence-corrected chi connectivity index (χ3v) is 2.56. The second-order valence-corrected chi connectivity index (χ2v) is 4.67. The van der Waals surface area contributed by atoms with E-state index in [9.17, 15) is 4.79 Å². The van der Waals surface area contributed by atoms with Crippen LogP contribution in [0.15, 0.2) is 6.20 Å². The molecule has 1 aromatic heterocycles. The number of nitrogens with zero attached hydrogens (tertiary/aromatic N) is 1. The zero-order valence-corrected chi connectivity index (χ0v) is 11.0. The second kappa shape index (κ2) is 6.39. The molecule has 0 saturated heterocycles. The molecular weight excluding hydrogens is 216 g/mol. The first-order valence-electron chi connectivity index (χ1n) is 5.98. The minimum Gasteiger partial charge on any atom is -0.358 e. The van der Waals surface area contributed by atoms with E-state index in [1.54, 1.807) is 13.2 Å². The first-order chi connectivity index (χ1) is 8.02. The lowest BCUT2D eigenvalue weighted by Crippen LogP contribution is -2.43. The Balaban J connectivity index is 2.51. The number of amides is 1. The lowest BCUT2D eigenvalue weighted by Gasteiger charge is -2.18. The largest absolute Gasteiger partial charge is 0.358 e. The van der Waals surface area contributed by atoms with Crippen LogP contribution in [0.3, 0.4) is 0 Å². The van der Waals surface area contributed by atoms with Crippen LogP contribution in [0.1, 0.15) is 31.8 Å². The van der Waals surface area contributed by atoms with Crippen molar-refractivity contribution in [1.29, 1.82) is 0 Å². The molecule has 5 heteroatoms. The summed E-state index contributed by atoms with van der Waals surface area (Å²) in [5, 5.41) is 5.93. The van der Waals surface area contributed by atoms with Crippen molar-refractivity contribution < 1.29 is 4.79 Å². The number of rotatable bonds is 6. The maximum atomic E-state index is 11.7. The molecule has 1 atom stereocenters. The normalized spacial score (nSPS) is 12.8. The number of likely N-dealkylation sites (N-methyl/N-ethyl adjacent to an activating group) is 1. The molecular formula is C12H22N4O. The smallest absolute Gasteiger partial charge is 0.236 e. The van der Waals surface area contributed by atoms with Crippen LogP contribution in [-0.2, 0) is 11.3 Å². The van der Waals surface area contributed by atoms with Crippen LogP contribution in [0.2, 0.25) is 0 Å². The van der Waals surface area contributed by atoms with Crippen LogP contribution in [0, 0.1) is 12.8 Å². The number of aromatic nitrogens is 2. The van der Waals surface area contributed by atoms with Crippen molar-refractivity contribution >= 4 is 5.91 Å². The van der Waals surface area contributed by atoms with E-state index >= 15 is 0 Å². The molecule has 3 N–H and O–H groups in total. The number of imidazole rings is 1. The van der Waals surface area contributed by atoms with Crippen LogP contribution in [0.5, 0.6) is 0 Å². The predicted molar refractivity (Wildman–Crippen MR) is 67.5 cm³/mol. The van der Waals surface area contributed by atoms with Crippen LogP contribution in [0.25, 0.3) is 0 Å². The Kier molecular flexibility index (Phi) is 5.15. The highest BCUT2D eigenvalue weighted by Crippen LogP contribution is 2.06. The molecule has 1 unspecified atom stereocenters. The summed E-state index contributed by atoms with van der Waals surface area (Å²) >= 11 is 0. The van der Waals surface area contributed by atoms with Gasteiger partial charge in [-0.15, -0.1) is 0 Å². The van der Waals surface area contributed by atoms with Gasteiger partial charge in [0.2, 0.25) is 5.91 Å². The van der Waals surface area contributed by atoms with Gasteiger partial charge in [0.05, 0.1) is 6.04 Å². The first-order valence-corrected chi connectivity index (χ1v) is 5.98. The molecule has 1 amide bonds. The molecule has 0 aliphatic rings. The summed E-state index contributed by atoms with van der Waals surface area (Å²) in [5.74, 6) is 1.41. The zero-order valence-electron chi connectivity index (χ0n) is 11.0. The van der Waals surface area contributed by atoms with E-state index in [0.29, 0.717) is 12.5 Å². The molecule has 0 aromatic carbocycles. The summed E-state index contributed by atoms with van der Waals surface area (Å²) in [7, 11) is 1.66. The zero-order chi connectivity index (χ0) is 12.8. The summed E-state index contributed by atoms with van der Waals surface area (Å²) in [4.78, 5) is 18.9. The molecule has 96 valence electrons. The number of carbonyl (C=O) groups is 1. The number of hydrogen-bond acceptors (Lipinski definition) is 3. The summed E-state index contributed by atoms with van der Waals surface area (Å²) in [6.07, 6.45) is 2.62. The summed E-state index contributed by atoms with van der Waals surface area (Å²) < 4.78 is 0. The van der Waals surface area contributed by atoms with Crippen molar-refractivity contribution in [2.45, 2.75) is 39.8 Å². The monoisotopic (exact) mass is 238 g/mol. The Labute approximate surface area is 102 Å². The van der Waals surface area contributed by atoms with Crippen LogP contribution < -0.4 is 10.6 Å². The number of H-pyrrole nitrogens is 1. The molecule has 1 rings (SSSR count). The van der Waals surface area contributed by atoms with Crippen LogP contribution >= 0.6 is 0 Å². The Morgan fingerprint density at radius 1 is 1.53 bits per heavy atom. The topological polar surface area (TPSA) is 69.8 Å². The maximum absolute atomic E-state index is 11.7. The fourth-order valence-electron chi connectivity index (χ4n) is 1.72. The maximum Gasteiger partial charge on any atom is 0.236 e. The van der Waals surface area contributed by atoms with Gasteiger partial charge in [0, 0.05) is 25.5 Å². The Morgan fingerprint density at radius 3 is 2.71 bits per heavy atom. The second-order valence-electron chi connectivity index (χ2n) is 4.67. The van der Waals surface area contributed by atoms with Crippen LogP contribution in [-0.4, -0.2) is 29.0 Å². The highest BCUT2D eigenvalue weighted by Gasteiger charge is 2.17. The van der Waals surface area contributed by atoms with E-state index < -0.39 is 0 Å². The van der Waals surface area contributed by atoms with Gasteiger partial charge in [-0.25, -0.2) is 4.98 Å². The minimum atomic E-state index is -0.149. The van der Waals surface area contributed by atoms with Crippen molar-refractivity contribution in [3.63, 3.8) is 0 Å². The SMILES string of the molecule is CNC(=O)C(CC(C)C)NCc1cnc(C)[nH]1. The predicted octanol–water partition coefficient (Wildman–Crippen LogP) is 0.968. The number of aromatic amines is 1. The van der Waals surface area contributed by atoms with Gasteiger partial charge in [0.25, 0.3) is 0 Å². The van der Waals surface area contributed by atoms with E-state index in [1.165, 1.54) is 0 Å². The Bertz CT molecular complexity index is 359. The molecule has 0 radical (unpaired) electrons. The molecule has 0 spiro atoms. The fraction of sp³-hybridized carbons (Fsp3) is 0.667. The van der Waals surface area contributed by atoms with E-state index in [4.69, 9.17) is 0 Å². The number of nitrogens with one attached hydrogen (secondary N) is 3. The van der Waals surface area contributed by atoms with E-state index in [-0.39, 0.29) is 11.9 Å². The van der Waals surface area contributed by atoms with Gasteiger partial charge in [-0.3, -0.25) is 4.79 Å². The Morgan fingerprint density at radius 2 is 2.24 bits per heavy atom. The lowest BCUT2D eigenvalue weighted by molar-refractivity contribution is -0.123. The van der Waals surface area contributed by atoms with E-state index in [1.807, 2.05) is 6.92 Å². The van der Waals surface area contributed by atoms with Gasteiger partial charge in [0.15, 0.2) is 0 Å². The summed E-state index contributed by atoms with van der Waals surface area (Å²) in [6, 6.07) is -0.149. The molecule has 0 aliphatic carbocycles. The molecule has 0 aliphatic heterocycles. The van der Waals surface area contributed by atoms with Crippen molar-refractivity contribution in [2.75, 3.05) is 7.05 Å². The third-order valence-electron chi connectivity index (χ3n) is 2.56. The van der Waals surface area contributed by atoms with Crippen LogP contribution in [0.4, 0.5) is 0 Å². The average molecular weight is 238 g/mol. The average Bonchev–Trinajstić information content (AvgIpc) is 2.68. The van der Waals surface area contributed by atoms with E-state index in [0.717, 1.165) is 17.9 Å². The molecule has 0 saturated carbocycles. The Hall–Kier alpha value is -1.36. The van der Waals surface area contributed by atoms with Gasteiger partial charge in [-0.1, -0.05) is 13.8 Å². The van der Waals surface area contributed by atoms with Gasteiger partial charge in [-0.05, 0) is 19.3 Å². The van der Waals surface area contributed by atoms with Gasteiger partial charge in [0.1, 0.15) is 5.82 Å². The fourth-order valence-corrected chi connectivity index (χ4v) is 1.72. The molecule has 17 heavy (non-hydrogen) atoms. The minimum absolute atomic E-state index is 0.0370. The van der Waals surface area contributed by atoms with Crippen molar-refractivity contribution in [2.24, 2.45) is 5.92 Å². The van der Waals surface area contributed by atoms with Crippen molar-refractivity contribution in [1.82, 2.24) is 20.6 Å². The van der Waals surface area contributed by atoms with E-state index in [2.05, 4.69) is 34.4 Å². The van der Waals surface area contributed by atoms with Gasteiger partial charge in [-0.2, -0.15) is 0 Å². The highest BCUT2D eigenvalue weighted by molar-refractivity contribution is 5.81. The molecule has 0 fully saturated rings. The third kappa shape index (κ3) is 4.56. The molecule has 1 heterocycles. The summed E-state index contributed by atoms with van der Waals surface area (Å²) in [5.41, 5.74) is 1.00. The first kappa shape index (κ1) is 13.7. The number of hydrogen-bond donors (Lipinski definition) is 3. The van der Waals surface area contributed by atoms with Crippen molar-refractivity contribution in [3.05, 3.63) is 17.7 Å². The number of carbonyl (C=O) groups excluding carboxylic acids is 1.